The zero-order valence-corrected chi connectivity index (χ0v) is 26.3. The van der Waals surface area contributed by atoms with E-state index in [0.717, 1.165) is 55.1 Å². The first-order chi connectivity index (χ1) is 23.8. The summed E-state index contributed by atoms with van der Waals surface area (Å²) in [6.45, 7) is 3.10. The largest absolute Gasteiger partial charge is 0.416 e. The van der Waals surface area contributed by atoms with Gasteiger partial charge in [0.05, 0.1) is 11.6 Å². The number of benzene rings is 5. The molecule has 1 fully saturated rings. The minimum atomic E-state index is -4.43. The fraction of sp³-hybridized carbons (Fsp3) is 0.154. The van der Waals surface area contributed by atoms with Crippen molar-refractivity contribution in [2.75, 3.05) is 36.4 Å². The van der Waals surface area contributed by atoms with Crippen molar-refractivity contribution in [1.82, 2.24) is 15.0 Å². The Kier molecular flexibility index (Phi) is 8.95. The molecule has 5 aromatic carbocycles. The molecule has 0 bridgehead atoms. The number of aromatic nitrogens is 2. The van der Waals surface area contributed by atoms with Gasteiger partial charge in [0.15, 0.2) is 5.82 Å². The Morgan fingerprint density at radius 1 is 0.714 bits per heavy atom. The highest BCUT2D eigenvalue weighted by Gasteiger charge is 2.31. The maximum atomic E-state index is 13.3. The van der Waals surface area contributed by atoms with Crippen LogP contribution in [-0.4, -0.2) is 47.1 Å². The van der Waals surface area contributed by atoms with Gasteiger partial charge in [-0.1, -0.05) is 84.0 Å². The van der Waals surface area contributed by atoms with Crippen LogP contribution in [0.2, 0.25) is 0 Å². The quantitative estimate of drug-likeness (QED) is 0.177. The predicted octanol–water partition coefficient (Wildman–Crippen LogP) is 8.59. The second-order valence-corrected chi connectivity index (χ2v) is 11.8. The highest BCUT2D eigenvalue weighted by Crippen LogP contribution is 2.33. The van der Waals surface area contributed by atoms with Crippen LogP contribution in [0.3, 0.4) is 0 Å². The van der Waals surface area contributed by atoms with Crippen molar-refractivity contribution in [2.45, 2.75) is 12.2 Å². The molecule has 7 nitrogen and oxygen atoms in total. The normalized spacial score (nSPS) is 14.4. The maximum absolute atomic E-state index is 13.3. The van der Waals surface area contributed by atoms with E-state index < -0.39 is 11.7 Å². The van der Waals surface area contributed by atoms with Crippen LogP contribution in [0.25, 0.3) is 22.6 Å². The third-order valence-electron chi connectivity index (χ3n) is 8.69. The third-order valence-corrected chi connectivity index (χ3v) is 8.69. The number of rotatable bonds is 8. The van der Waals surface area contributed by atoms with Gasteiger partial charge >= 0.3 is 6.18 Å². The Bertz CT molecular complexity index is 2010. The molecular formula is C39H32F3N5O2. The second-order valence-electron chi connectivity index (χ2n) is 11.8. The second kappa shape index (κ2) is 13.8. The van der Waals surface area contributed by atoms with Crippen LogP contribution in [-0.2, 0) is 6.18 Å². The molecule has 7 rings (SSSR count). The van der Waals surface area contributed by atoms with Gasteiger partial charge < -0.3 is 14.7 Å². The summed E-state index contributed by atoms with van der Waals surface area (Å²) in [5.74, 6) is 0.768. The smallest absolute Gasteiger partial charge is 0.369 e. The van der Waals surface area contributed by atoms with E-state index in [2.05, 4.69) is 32.4 Å². The lowest BCUT2D eigenvalue weighted by Gasteiger charge is -2.39. The summed E-state index contributed by atoms with van der Waals surface area (Å²) in [6, 6.07) is 39.2. The molecule has 1 aliphatic heterocycles. The van der Waals surface area contributed by atoms with E-state index in [0.29, 0.717) is 34.1 Å². The number of anilines is 2. The first-order valence-electron chi connectivity index (χ1n) is 15.9. The van der Waals surface area contributed by atoms with Gasteiger partial charge in [-0.2, -0.15) is 18.2 Å². The van der Waals surface area contributed by atoms with Gasteiger partial charge in [0.1, 0.15) is 0 Å². The van der Waals surface area contributed by atoms with Gasteiger partial charge in [0.25, 0.3) is 11.8 Å². The molecule has 0 spiro atoms. The van der Waals surface area contributed by atoms with Crippen LogP contribution >= 0.6 is 0 Å². The third kappa shape index (κ3) is 7.09. The lowest BCUT2D eigenvalue weighted by molar-refractivity contribution is -0.137. The highest BCUT2D eigenvalue weighted by atomic mass is 19.4. The topological polar surface area (TPSA) is 74.5 Å². The number of nitrogens with one attached hydrogen (secondary N) is 1. The SMILES string of the molecule is O=C(Nc1ccc(N2CCN(C(c3ccccc3)c3noc(-c4ccccc4)n3)CC2)cc1)c1ccccc1-c1ccc(C(F)(F)F)cc1. The average molecular weight is 660 g/mol. The van der Waals surface area contributed by atoms with Crippen LogP contribution in [0, 0.1) is 0 Å². The summed E-state index contributed by atoms with van der Waals surface area (Å²) in [6.07, 6.45) is -4.43. The number of alkyl halides is 3. The zero-order valence-electron chi connectivity index (χ0n) is 26.3. The van der Waals surface area contributed by atoms with Gasteiger partial charge in [-0.05, 0) is 71.3 Å². The monoisotopic (exact) mass is 659 g/mol. The Morgan fingerprint density at radius 2 is 1.35 bits per heavy atom. The first kappa shape index (κ1) is 31.8. The van der Waals surface area contributed by atoms with Crippen molar-refractivity contribution in [3.8, 4) is 22.6 Å². The number of hydrogen-bond donors (Lipinski definition) is 1. The Morgan fingerprint density at radius 3 is 2.02 bits per heavy atom. The number of piperazine rings is 1. The summed E-state index contributed by atoms with van der Waals surface area (Å²) >= 11 is 0. The van der Waals surface area contributed by atoms with Crippen molar-refractivity contribution in [1.29, 1.82) is 0 Å². The van der Waals surface area contributed by atoms with Gasteiger partial charge in [0.2, 0.25) is 0 Å². The molecule has 0 aliphatic carbocycles. The van der Waals surface area contributed by atoms with Crippen molar-refractivity contribution in [3.63, 3.8) is 0 Å². The minimum absolute atomic E-state index is 0.160. The van der Waals surface area contributed by atoms with E-state index in [-0.39, 0.29) is 11.9 Å². The molecule has 1 aliphatic rings. The van der Waals surface area contributed by atoms with E-state index in [9.17, 15) is 18.0 Å². The molecule has 0 saturated carbocycles. The van der Waals surface area contributed by atoms with E-state index in [4.69, 9.17) is 9.51 Å². The molecule has 49 heavy (non-hydrogen) atoms. The Hall–Kier alpha value is -5.74. The van der Waals surface area contributed by atoms with E-state index >= 15 is 0 Å². The molecule has 1 unspecified atom stereocenters. The molecule has 6 aromatic rings. The van der Waals surface area contributed by atoms with Crippen molar-refractivity contribution in [3.05, 3.63) is 156 Å². The van der Waals surface area contributed by atoms with Crippen molar-refractivity contribution >= 4 is 17.3 Å². The molecule has 1 amide bonds. The molecule has 1 N–H and O–H groups in total. The van der Waals surface area contributed by atoms with Crippen LogP contribution in [0.15, 0.2) is 138 Å². The van der Waals surface area contributed by atoms with Gasteiger partial charge in [-0.25, -0.2) is 0 Å². The van der Waals surface area contributed by atoms with E-state index in [1.54, 1.807) is 24.3 Å². The van der Waals surface area contributed by atoms with Gasteiger partial charge in [-0.15, -0.1) is 0 Å². The number of carbonyl (C=O) groups is 1. The highest BCUT2D eigenvalue weighted by molar-refractivity contribution is 6.08. The fourth-order valence-electron chi connectivity index (χ4n) is 6.17. The minimum Gasteiger partial charge on any atom is -0.369 e. The molecular weight excluding hydrogens is 627 g/mol. The zero-order chi connectivity index (χ0) is 33.8. The standard InChI is InChI=1S/C39H32F3N5O2/c40-39(41,42)30-17-15-27(16-18-30)33-13-7-8-14-34(33)37(48)43-31-19-21-32(22-20-31)46-23-25-47(26-24-46)35(28-9-3-1-4-10-28)36-44-38(49-45-36)29-11-5-2-6-12-29/h1-22,35H,23-26H2,(H,43,48). The van der Waals surface area contributed by atoms with Crippen LogP contribution in [0.5, 0.6) is 0 Å². The number of nitrogens with zero attached hydrogens (tertiary/aromatic N) is 4. The summed E-state index contributed by atoms with van der Waals surface area (Å²) in [5, 5.41) is 7.33. The molecule has 1 aromatic heterocycles. The number of amides is 1. The molecule has 0 radical (unpaired) electrons. The van der Waals surface area contributed by atoms with Crippen molar-refractivity contribution < 1.29 is 22.5 Å². The predicted molar refractivity (Wildman–Crippen MR) is 183 cm³/mol. The number of hydrogen-bond acceptors (Lipinski definition) is 6. The van der Waals surface area contributed by atoms with Gasteiger partial charge in [-0.3, -0.25) is 9.69 Å². The summed E-state index contributed by atoms with van der Waals surface area (Å²) in [4.78, 5) is 22.8. The molecule has 246 valence electrons. The number of halogens is 3. The van der Waals surface area contributed by atoms with Crippen LogP contribution < -0.4 is 10.2 Å². The maximum Gasteiger partial charge on any atom is 0.416 e. The molecule has 1 atom stereocenters. The lowest BCUT2D eigenvalue weighted by atomic mass is 9.98. The molecule has 1 saturated heterocycles. The summed E-state index contributed by atoms with van der Waals surface area (Å²) < 4.78 is 44.9. The average Bonchev–Trinajstić information content (AvgIpc) is 3.63. The summed E-state index contributed by atoms with van der Waals surface area (Å²) in [5.41, 5.74) is 4.33. The van der Waals surface area contributed by atoms with Crippen molar-refractivity contribution in [2.24, 2.45) is 0 Å². The fourth-order valence-corrected chi connectivity index (χ4v) is 6.17. The van der Waals surface area contributed by atoms with E-state index in [1.165, 1.54) is 12.1 Å². The Balaban J connectivity index is 1.02. The molecule has 2 heterocycles. The first-order valence-corrected chi connectivity index (χ1v) is 15.9. The summed E-state index contributed by atoms with van der Waals surface area (Å²) in [7, 11) is 0. The van der Waals surface area contributed by atoms with E-state index in [1.807, 2.05) is 72.8 Å². The van der Waals surface area contributed by atoms with Crippen LogP contribution in [0.1, 0.15) is 33.4 Å². The van der Waals surface area contributed by atoms with Crippen LogP contribution in [0.4, 0.5) is 24.5 Å². The number of carbonyl (C=O) groups excluding carboxylic acids is 1. The van der Waals surface area contributed by atoms with Gasteiger partial charge in [0, 0.05) is 48.7 Å². The Labute approximate surface area is 281 Å². The molecule has 10 heteroatoms. The lowest BCUT2D eigenvalue weighted by Crippen LogP contribution is -2.48.